The fraction of sp³-hybridized carbons (Fsp3) is 0.500. The van der Waals surface area contributed by atoms with Gasteiger partial charge < -0.3 is 14.2 Å². The largest absolute Gasteiger partial charge is 0.596 e. The Morgan fingerprint density at radius 1 is 1.10 bits per heavy atom. The zero-order valence-corrected chi connectivity index (χ0v) is 23.3. The minimum Gasteiger partial charge on any atom is -0.482 e. The summed E-state index contributed by atoms with van der Waals surface area (Å²) in [4.78, 5) is 31.3. The van der Waals surface area contributed by atoms with Crippen LogP contribution in [-0.2, 0) is 15.7 Å². The van der Waals surface area contributed by atoms with E-state index in [0.717, 1.165) is 35.2 Å². The molecule has 1 aromatic carbocycles. The number of benzene rings is 1. The average Bonchev–Trinajstić information content (AvgIpc) is 2.83. The Bertz CT molecular complexity index is 1270. The molecule has 1 unspecified atom stereocenters. The summed E-state index contributed by atoms with van der Waals surface area (Å²) >= 11 is 0. The van der Waals surface area contributed by atoms with Crippen molar-refractivity contribution in [1.29, 1.82) is 0 Å². The summed E-state index contributed by atoms with van der Waals surface area (Å²) < 4.78 is 58.8. The Labute approximate surface area is 226 Å². The van der Waals surface area contributed by atoms with E-state index in [1.807, 2.05) is 18.7 Å². The summed E-state index contributed by atoms with van der Waals surface area (Å²) in [5.41, 5.74) is 1.12. The maximum atomic E-state index is 13.5. The normalized spacial score (nSPS) is 15.6. The molecule has 39 heavy (non-hydrogen) atoms. The fourth-order valence-electron chi connectivity index (χ4n) is 4.18. The van der Waals surface area contributed by atoms with Gasteiger partial charge in [0.1, 0.15) is 16.9 Å². The van der Waals surface area contributed by atoms with E-state index in [1.165, 1.54) is 7.11 Å². The number of carbonyl (C=O) groups excluding carboxylic acids is 2. The van der Waals surface area contributed by atoms with Crippen LogP contribution in [0.4, 0.5) is 18.0 Å². The number of aryl methyl sites for hydroxylation is 2. The molecule has 0 bridgehead atoms. The van der Waals surface area contributed by atoms with E-state index in [0.29, 0.717) is 19.6 Å². The van der Waals surface area contributed by atoms with E-state index in [2.05, 4.69) is 4.98 Å². The molecule has 2 aromatic rings. The van der Waals surface area contributed by atoms with Gasteiger partial charge in [-0.25, -0.2) is 4.79 Å². The molecular weight excluding hydrogens is 515 g/mol. The highest BCUT2D eigenvalue weighted by Gasteiger charge is 2.35. The first kappa shape index (κ1) is 30.1. The number of ether oxygens (including phenoxy) is 3. The van der Waals surface area contributed by atoms with Crippen LogP contribution in [0.15, 0.2) is 30.5 Å². The van der Waals surface area contributed by atoms with E-state index in [9.17, 15) is 22.8 Å². The van der Waals surface area contributed by atoms with Crippen molar-refractivity contribution in [3.8, 4) is 5.75 Å². The summed E-state index contributed by atoms with van der Waals surface area (Å²) in [6.45, 7) is 12.1. The lowest BCUT2D eigenvalue weighted by molar-refractivity contribution is -0.458. The van der Waals surface area contributed by atoms with Crippen LogP contribution >= 0.6 is 0 Å². The van der Waals surface area contributed by atoms with Crippen molar-refractivity contribution in [2.45, 2.75) is 59.4 Å². The van der Waals surface area contributed by atoms with Crippen LogP contribution < -0.4 is 4.74 Å². The van der Waals surface area contributed by atoms with Crippen molar-refractivity contribution in [2.24, 2.45) is 0 Å². The number of alkyl halides is 3. The van der Waals surface area contributed by atoms with Gasteiger partial charge in [0.05, 0.1) is 31.5 Å². The van der Waals surface area contributed by atoms with Gasteiger partial charge in [-0.2, -0.15) is 18.0 Å². The van der Waals surface area contributed by atoms with Crippen LogP contribution in [0.25, 0.3) is 0 Å². The van der Waals surface area contributed by atoms with Crippen molar-refractivity contribution >= 4 is 17.8 Å². The molecule has 1 atom stereocenters. The summed E-state index contributed by atoms with van der Waals surface area (Å²) in [5, 5.41) is 0. The van der Waals surface area contributed by atoms with E-state index in [-0.39, 0.29) is 23.6 Å². The standard InChI is InChI=1S/C28H35F3N3O5/c1-17-12-21(25(35)37-7)23(13-18(17)2)38-24(22-14-20(8-9-32-22)28(29,30)31)16-33-10-11-34(19(3)15-33)26(36)39-27(4,5)6/h8-9,12-14,24H,10-11,15-16H2,1-7H3/q+1. The van der Waals surface area contributed by atoms with Crippen LogP contribution in [0.1, 0.15) is 66.5 Å². The summed E-state index contributed by atoms with van der Waals surface area (Å²) in [5.74, 6) is -0.443. The van der Waals surface area contributed by atoms with Gasteiger partial charge in [0.25, 0.3) is 0 Å². The number of halogens is 3. The molecule has 1 aliphatic heterocycles. The number of esters is 1. The van der Waals surface area contributed by atoms with Gasteiger partial charge in [-0.3, -0.25) is 9.88 Å². The molecule has 1 aliphatic rings. The summed E-state index contributed by atoms with van der Waals surface area (Å²) in [6, 6.07) is 5.15. The number of pyridine rings is 1. The highest BCUT2D eigenvalue weighted by atomic mass is 19.4. The van der Waals surface area contributed by atoms with Gasteiger partial charge in [-0.05, 0) is 70.0 Å². The number of hydrogen-bond donors (Lipinski definition) is 0. The number of amides is 1. The molecule has 1 aromatic heterocycles. The first-order chi connectivity index (χ1) is 18.1. The topological polar surface area (TPSA) is 81.0 Å². The van der Waals surface area contributed by atoms with E-state index in [1.54, 1.807) is 44.4 Å². The Morgan fingerprint density at radius 3 is 2.36 bits per heavy atom. The van der Waals surface area contributed by atoms with Crippen molar-refractivity contribution in [2.75, 3.05) is 33.3 Å². The molecule has 0 saturated carbocycles. The van der Waals surface area contributed by atoms with Crippen molar-refractivity contribution in [3.63, 3.8) is 0 Å². The average molecular weight is 551 g/mol. The molecular formula is C28H35F3N3O5+. The van der Waals surface area contributed by atoms with Gasteiger partial charge in [-0.1, -0.05) is 0 Å². The maximum absolute atomic E-state index is 13.5. The number of methoxy groups -OCH3 is 1. The summed E-state index contributed by atoms with van der Waals surface area (Å²) in [7, 11) is 1.25. The number of nitrogens with zero attached hydrogens (tertiary/aromatic N) is 3. The number of hydrogen-bond acceptors (Lipinski definition) is 7. The lowest BCUT2D eigenvalue weighted by Gasteiger charge is -2.30. The van der Waals surface area contributed by atoms with Crippen LogP contribution in [0.3, 0.4) is 0 Å². The van der Waals surface area contributed by atoms with Gasteiger partial charge >= 0.3 is 18.2 Å². The third-order valence-electron chi connectivity index (χ3n) is 6.30. The Morgan fingerprint density at radius 2 is 1.77 bits per heavy atom. The van der Waals surface area contributed by atoms with E-state index < -0.39 is 35.5 Å². The van der Waals surface area contributed by atoms with Crippen LogP contribution in [-0.4, -0.2) is 71.1 Å². The van der Waals surface area contributed by atoms with E-state index in [4.69, 9.17) is 14.2 Å². The smallest absolute Gasteiger partial charge is 0.482 e. The molecule has 0 aliphatic carbocycles. The van der Waals surface area contributed by atoms with E-state index >= 15 is 0 Å². The Kier molecular flexibility index (Phi) is 9.05. The van der Waals surface area contributed by atoms with Crippen LogP contribution in [0, 0.1) is 13.8 Å². The Hall–Kier alpha value is -3.47. The Balaban J connectivity index is 1.96. The van der Waals surface area contributed by atoms with Crippen molar-refractivity contribution in [3.05, 3.63) is 58.4 Å². The minimum atomic E-state index is -4.57. The molecule has 1 amide bonds. The summed E-state index contributed by atoms with van der Waals surface area (Å²) in [6.07, 6.45) is -4.89. The van der Waals surface area contributed by atoms with Gasteiger partial charge in [0.15, 0.2) is 18.4 Å². The fourth-order valence-corrected chi connectivity index (χ4v) is 4.18. The number of aromatic nitrogens is 1. The van der Waals surface area contributed by atoms with Gasteiger partial charge in [0.2, 0.25) is 0 Å². The van der Waals surface area contributed by atoms with Crippen LogP contribution in [0.5, 0.6) is 5.75 Å². The highest BCUT2D eigenvalue weighted by Crippen LogP contribution is 2.33. The van der Waals surface area contributed by atoms with Crippen LogP contribution in [0.2, 0.25) is 0 Å². The minimum absolute atomic E-state index is 0.0612. The molecule has 3 rings (SSSR count). The third kappa shape index (κ3) is 7.78. The molecule has 0 saturated heterocycles. The molecule has 0 radical (unpaired) electrons. The lowest BCUT2D eigenvalue weighted by Crippen LogP contribution is -2.48. The second-order valence-corrected chi connectivity index (χ2v) is 10.6. The van der Waals surface area contributed by atoms with Gasteiger partial charge in [0, 0.05) is 19.7 Å². The molecule has 0 spiro atoms. The molecule has 2 heterocycles. The zero-order valence-electron chi connectivity index (χ0n) is 23.3. The monoisotopic (exact) mass is 550 g/mol. The predicted octanol–water partition coefficient (Wildman–Crippen LogP) is 5.35. The van der Waals surface area contributed by atoms with Crippen molar-refractivity contribution < 1.29 is 41.5 Å². The molecule has 8 nitrogen and oxygen atoms in total. The highest BCUT2D eigenvalue weighted by molar-refractivity contribution is 5.93. The second-order valence-electron chi connectivity index (χ2n) is 10.6. The molecule has 0 N–H and O–H groups in total. The lowest BCUT2D eigenvalue weighted by atomic mass is 10.0. The third-order valence-corrected chi connectivity index (χ3v) is 6.30. The quantitative estimate of drug-likeness (QED) is 0.354. The van der Waals surface area contributed by atoms with Crippen molar-refractivity contribution in [1.82, 2.24) is 9.88 Å². The first-order valence-electron chi connectivity index (χ1n) is 12.5. The maximum Gasteiger partial charge on any atom is 0.596 e. The molecule has 0 fully saturated rings. The number of carbonyl (C=O) groups is 2. The molecule has 11 heteroatoms. The predicted molar refractivity (Wildman–Crippen MR) is 138 cm³/mol. The SMILES string of the molecule is COC(=O)c1cc(C)c(C)cc1OC(CN1CC[N+](C(=O)OC(C)(C)C)=C(C)C1)c1cc(C(F)(F)F)ccn1. The second kappa shape index (κ2) is 11.7. The zero-order chi connectivity index (χ0) is 29.1. The molecule has 212 valence electrons. The number of rotatable bonds is 6. The first-order valence-corrected chi connectivity index (χ1v) is 12.5. The van der Waals surface area contributed by atoms with Gasteiger partial charge in [-0.15, -0.1) is 4.58 Å².